The van der Waals surface area contributed by atoms with E-state index in [0.29, 0.717) is 33.7 Å². The maximum atomic E-state index is 12.2. The molecule has 3 aromatic heterocycles. The van der Waals surface area contributed by atoms with Gasteiger partial charge >= 0.3 is 0 Å². The summed E-state index contributed by atoms with van der Waals surface area (Å²) in [5.74, 6) is 0.731. The molecular formula is C19H18ClN5O4S2. The first-order valence-electron chi connectivity index (χ1n) is 9.50. The molecule has 0 N–H and O–H groups in total. The second kappa shape index (κ2) is 7.01. The maximum absolute atomic E-state index is 12.2. The van der Waals surface area contributed by atoms with Crippen molar-refractivity contribution in [2.75, 3.05) is 17.8 Å². The molecule has 0 spiro atoms. The van der Waals surface area contributed by atoms with Crippen molar-refractivity contribution in [3.05, 3.63) is 47.5 Å². The minimum atomic E-state index is -3.56. The van der Waals surface area contributed by atoms with E-state index in [0.717, 1.165) is 11.8 Å². The highest BCUT2D eigenvalue weighted by molar-refractivity contribution is 7.91. The van der Waals surface area contributed by atoms with Crippen molar-refractivity contribution in [2.24, 2.45) is 0 Å². The zero-order chi connectivity index (χ0) is 22.0. The van der Waals surface area contributed by atoms with Crippen LogP contribution in [0.4, 0.5) is 0 Å². The van der Waals surface area contributed by atoms with Gasteiger partial charge in [-0.1, -0.05) is 11.6 Å². The smallest absolute Gasteiger partial charge is 0.195 e. The van der Waals surface area contributed by atoms with Gasteiger partial charge in [-0.2, -0.15) is 5.10 Å². The zero-order valence-corrected chi connectivity index (χ0v) is 18.8. The lowest BCUT2D eigenvalue weighted by Gasteiger charge is -2.15. The number of pyridine rings is 1. The number of fused-ring (bicyclic) bond motifs is 2. The standard InChI is InChI=1S/C19H18ClN5O4S2/c1-30(26,27)19-14-4-6-21-9-17(14)24(23-19)10-18-22-15-8-12(20)2-3-16(15)25(18)13-5-7-31(28,29)11-13/h2-4,6,8-9,13H,5,7,10-11H2,1H3/t13-/m0/s1. The number of benzene rings is 1. The zero-order valence-electron chi connectivity index (χ0n) is 16.4. The number of halogens is 1. The Morgan fingerprint density at radius 3 is 2.74 bits per heavy atom. The lowest BCUT2D eigenvalue weighted by Crippen LogP contribution is -2.16. The van der Waals surface area contributed by atoms with Gasteiger partial charge in [0, 0.05) is 22.9 Å². The van der Waals surface area contributed by atoms with Gasteiger partial charge in [-0.15, -0.1) is 0 Å². The summed E-state index contributed by atoms with van der Waals surface area (Å²) in [6, 6.07) is 6.64. The average Bonchev–Trinajstić information content (AvgIpc) is 3.34. The van der Waals surface area contributed by atoms with Gasteiger partial charge in [0.2, 0.25) is 0 Å². The second-order valence-corrected chi connectivity index (χ2v) is 12.3. The molecule has 0 amide bonds. The van der Waals surface area contributed by atoms with Crippen molar-refractivity contribution in [1.29, 1.82) is 0 Å². The largest absolute Gasteiger partial charge is 0.322 e. The van der Waals surface area contributed by atoms with Crippen LogP contribution in [0.25, 0.3) is 21.9 Å². The van der Waals surface area contributed by atoms with Crippen LogP contribution in [0.15, 0.2) is 41.7 Å². The van der Waals surface area contributed by atoms with Crippen LogP contribution in [-0.4, -0.2) is 58.9 Å². The second-order valence-electron chi connectivity index (χ2n) is 7.72. The number of sulfone groups is 2. The van der Waals surface area contributed by atoms with Crippen LogP contribution in [0, 0.1) is 0 Å². The third-order valence-corrected chi connectivity index (χ3v) is 8.45. The summed E-state index contributed by atoms with van der Waals surface area (Å²) in [7, 11) is -6.68. The van der Waals surface area contributed by atoms with E-state index in [2.05, 4.69) is 10.1 Å². The summed E-state index contributed by atoms with van der Waals surface area (Å²) in [5, 5.41) is 5.30. The molecule has 162 valence electrons. The number of aromatic nitrogens is 5. The molecule has 1 saturated heterocycles. The molecule has 5 rings (SSSR count). The Labute approximate surface area is 183 Å². The van der Waals surface area contributed by atoms with Gasteiger partial charge in [0.05, 0.1) is 46.8 Å². The summed E-state index contributed by atoms with van der Waals surface area (Å²) < 4.78 is 52.2. The molecule has 0 aliphatic carbocycles. The summed E-state index contributed by atoms with van der Waals surface area (Å²) in [6.45, 7) is 0.153. The van der Waals surface area contributed by atoms with E-state index in [4.69, 9.17) is 16.6 Å². The third kappa shape index (κ3) is 3.60. The van der Waals surface area contributed by atoms with Crippen molar-refractivity contribution >= 4 is 53.2 Å². The molecule has 1 fully saturated rings. The van der Waals surface area contributed by atoms with Gasteiger partial charge in [0.15, 0.2) is 24.7 Å². The molecule has 4 heterocycles. The third-order valence-electron chi connectivity index (χ3n) is 5.46. The van der Waals surface area contributed by atoms with Crippen LogP contribution in [-0.2, 0) is 26.2 Å². The van der Waals surface area contributed by atoms with Crippen molar-refractivity contribution < 1.29 is 16.8 Å². The fourth-order valence-electron chi connectivity index (χ4n) is 4.14. The molecule has 0 saturated carbocycles. The molecule has 1 atom stereocenters. The van der Waals surface area contributed by atoms with Gasteiger partial charge in [-0.05, 0) is 30.7 Å². The number of hydrogen-bond donors (Lipinski definition) is 0. The van der Waals surface area contributed by atoms with Crippen LogP contribution >= 0.6 is 11.6 Å². The van der Waals surface area contributed by atoms with E-state index >= 15 is 0 Å². The van der Waals surface area contributed by atoms with E-state index in [1.807, 2.05) is 10.6 Å². The molecule has 4 aromatic rings. The molecule has 0 bridgehead atoms. The van der Waals surface area contributed by atoms with Crippen LogP contribution < -0.4 is 0 Å². The predicted octanol–water partition coefficient (Wildman–Crippen LogP) is 2.25. The van der Waals surface area contributed by atoms with Crippen LogP contribution in [0.3, 0.4) is 0 Å². The minimum Gasteiger partial charge on any atom is -0.322 e. The Balaban J connectivity index is 1.69. The Morgan fingerprint density at radius 1 is 1.23 bits per heavy atom. The topological polar surface area (TPSA) is 117 Å². The van der Waals surface area contributed by atoms with E-state index in [-0.39, 0.29) is 29.1 Å². The molecule has 1 aromatic carbocycles. The summed E-state index contributed by atoms with van der Waals surface area (Å²) >= 11 is 6.14. The molecule has 0 radical (unpaired) electrons. The van der Waals surface area contributed by atoms with E-state index in [9.17, 15) is 16.8 Å². The van der Waals surface area contributed by atoms with Crippen molar-refractivity contribution in [3.8, 4) is 0 Å². The predicted molar refractivity (Wildman–Crippen MR) is 117 cm³/mol. The Kier molecular flexibility index (Phi) is 4.61. The highest BCUT2D eigenvalue weighted by Crippen LogP contribution is 2.31. The SMILES string of the molecule is CS(=O)(=O)c1nn(Cc2nc3cc(Cl)ccc3n2[C@H]2CCS(=O)(=O)C2)c2cnccc12. The van der Waals surface area contributed by atoms with Gasteiger partial charge in [0.1, 0.15) is 5.82 Å². The highest BCUT2D eigenvalue weighted by Gasteiger charge is 2.32. The minimum absolute atomic E-state index is 0.0287. The maximum Gasteiger partial charge on any atom is 0.195 e. The first-order chi connectivity index (χ1) is 14.6. The van der Waals surface area contributed by atoms with E-state index in [1.54, 1.807) is 29.1 Å². The first-order valence-corrected chi connectivity index (χ1v) is 13.6. The fraction of sp³-hybridized carbons (Fsp3) is 0.316. The molecule has 0 unspecified atom stereocenters. The molecule has 9 nitrogen and oxygen atoms in total. The van der Waals surface area contributed by atoms with Gasteiger partial charge < -0.3 is 4.57 Å². The van der Waals surface area contributed by atoms with Gasteiger partial charge in [0.25, 0.3) is 0 Å². The van der Waals surface area contributed by atoms with Crippen molar-refractivity contribution in [2.45, 2.75) is 24.0 Å². The molecule has 1 aliphatic heterocycles. The Hall–Kier alpha value is -2.50. The average molecular weight is 480 g/mol. The quantitative estimate of drug-likeness (QED) is 0.440. The number of hydrogen-bond acceptors (Lipinski definition) is 7. The van der Waals surface area contributed by atoms with Crippen molar-refractivity contribution in [3.63, 3.8) is 0 Å². The van der Waals surface area contributed by atoms with Crippen LogP contribution in [0.1, 0.15) is 18.3 Å². The fourth-order valence-corrected chi connectivity index (χ4v) is 6.82. The highest BCUT2D eigenvalue weighted by atomic mass is 35.5. The number of imidazole rings is 1. The van der Waals surface area contributed by atoms with Crippen molar-refractivity contribution in [1.82, 2.24) is 24.3 Å². The first kappa shape index (κ1) is 20.4. The Morgan fingerprint density at radius 2 is 2.03 bits per heavy atom. The number of nitrogens with zero attached hydrogens (tertiary/aromatic N) is 5. The molecular weight excluding hydrogens is 462 g/mol. The van der Waals surface area contributed by atoms with Crippen LogP contribution in [0.5, 0.6) is 0 Å². The van der Waals surface area contributed by atoms with E-state index < -0.39 is 19.7 Å². The lowest BCUT2D eigenvalue weighted by molar-refractivity contribution is 0.523. The molecule has 12 heteroatoms. The lowest BCUT2D eigenvalue weighted by atomic mass is 10.2. The monoisotopic (exact) mass is 479 g/mol. The Bertz CT molecular complexity index is 1560. The van der Waals surface area contributed by atoms with Gasteiger partial charge in [-0.3, -0.25) is 9.67 Å². The molecule has 1 aliphatic rings. The number of rotatable bonds is 4. The summed E-state index contributed by atoms with van der Waals surface area (Å²) in [6.07, 6.45) is 4.67. The molecule has 31 heavy (non-hydrogen) atoms. The van der Waals surface area contributed by atoms with Crippen LogP contribution in [0.2, 0.25) is 5.02 Å². The van der Waals surface area contributed by atoms with Gasteiger partial charge in [-0.25, -0.2) is 21.8 Å². The normalized spacial score (nSPS) is 18.8. The van der Waals surface area contributed by atoms with E-state index in [1.165, 1.54) is 6.20 Å². The summed E-state index contributed by atoms with van der Waals surface area (Å²) in [4.78, 5) is 8.80. The summed E-state index contributed by atoms with van der Waals surface area (Å²) in [5.41, 5.74) is 1.97.